The maximum atomic E-state index is 11.2. The molecule has 0 radical (unpaired) electrons. The second-order valence-corrected chi connectivity index (χ2v) is 9.84. The van der Waals surface area contributed by atoms with Crippen molar-refractivity contribution in [3.05, 3.63) is 60.9 Å². The van der Waals surface area contributed by atoms with Crippen molar-refractivity contribution in [3.63, 3.8) is 0 Å². The first-order valence-corrected chi connectivity index (χ1v) is 11.8. The number of hydrogen-bond acceptors (Lipinski definition) is 5. The van der Waals surface area contributed by atoms with Gasteiger partial charge in [-0.25, -0.2) is 9.97 Å². The van der Waals surface area contributed by atoms with Crippen molar-refractivity contribution in [3.8, 4) is 32.3 Å². The first kappa shape index (κ1) is 18.5. The highest BCUT2D eigenvalue weighted by atomic mass is 32.1. The fourth-order valence-corrected chi connectivity index (χ4v) is 6.55. The van der Waals surface area contributed by atoms with Crippen molar-refractivity contribution in [2.24, 2.45) is 0 Å². The van der Waals surface area contributed by atoms with E-state index < -0.39 is 0 Å². The third kappa shape index (κ3) is 3.28. The van der Waals surface area contributed by atoms with E-state index in [4.69, 9.17) is 0 Å². The quantitative estimate of drug-likeness (QED) is 0.341. The fraction of sp³-hybridized carbons (Fsp3) is 0.174. The summed E-state index contributed by atoms with van der Waals surface area (Å²) in [5, 5.41) is 0. The number of carbonyl (C=O) groups is 1. The Labute approximate surface area is 186 Å². The van der Waals surface area contributed by atoms with Crippen molar-refractivity contribution in [2.75, 3.05) is 6.54 Å². The summed E-state index contributed by atoms with van der Waals surface area (Å²) < 4.78 is 2.59. The summed E-state index contributed by atoms with van der Waals surface area (Å²) >= 11 is 3.60. The van der Waals surface area contributed by atoms with Crippen LogP contribution in [-0.2, 0) is 4.79 Å². The first-order valence-electron chi connectivity index (χ1n) is 10.2. The van der Waals surface area contributed by atoms with Crippen molar-refractivity contribution >= 4 is 38.5 Å². The van der Waals surface area contributed by atoms with Gasteiger partial charge in [0.2, 0.25) is 6.41 Å². The number of likely N-dealkylation sites (tertiary alicyclic amines) is 1. The van der Waals surface area contributed by atoms with Crippen LogP contribution in [0.1, 0.15) is 24.7 Å². The highest BCUT2D eigenvalue weighted by Crippen LogP contribution is 2.41. The van der Waals surface area contributed by atoms with Crippen LogP contribution in [0.5, 0.6) is 0 Å². The van der Waals surface area contributed by atoms with Crippen LogP contribution in [0, 0.1) is 0 Å². The molecule has 6 rings (SSSR count). The normalized spacial score (nSPS) is 16.4. The largest absolute Gasteiger partial charge is 0.344 e. The SMILES string of the molecule is O=CN1CCCC1c1ncc(-c2ccc(-c3cc4sc(-c5cnc[nH]5)cc4s3)cc2)[nH]1. The zero-order chi connectivity index (χ0) is 20.8. The lowest BCUT2D eigenvalue weighted by Crippen LogP contribution is -2.21. The maximum Gasteiger partial charge on any atom is 0.210 e. The van der Waals surface area contributed by atoms with Gasteiger partial charge < -0.3 is 14.9 Å². The molecule has 1 aliphatic heterocycles. The molecule has 0 spiro atoms. The van der Waals surface area contributed by atoms with Crippen LogP contribution in [0.2, 0.25) is 0 Å². The lowest BCUT2D eigenvalue weighted by molar-refractivity contribution is -0.119. The number of H-pyrrole nitrogens is 2. The molecule has 1 atom stereocenters. The van der Waals surface area contributed by atoms with Gasteiger partial charge in [0, 0.05) is 20.8 Å². The van der Waals surface area contributed by atoms with Crippen LogP contribution < -0.4 is 0 Å². The fourth-order valence-electron chi connectivity index (χ4n) is 4.18. The molecule has 0 bridgehead atoms. The number of aromatic nitrogens is 4. The molecule has 1 amide bonds. The van der Waals surface area contributed by atoms with Crippen molar-refractivity contribution in [1.29, 1.82) is 0 Å². The number of rotatable bonds is 5. The molecule has 154 valence electrons. The standard InChI is InChI=1S/C23H19N5OS2/c29-13-28-7-1-2-18(28)23-25-11-16(27-23)14-3-5-15(6-4-14)19-8-21-22(30-19)9-20(31-21)17-10-24-12-26-17/h3-6,8-13,18H,1-2,7H2,(H,24,26)(H,25,27). The number of aromatic amines is 2. The van der Waals surface area contributed by atoms with Gasteiger partial charge in [0.25, 0.3) is 0 Å². The van der Waals surface area contributed by atoms with E-state index in [1.807, 2.05) is 28.6 Å². The van der Waals surface area contributed by atoms with Crippen LogP contribution in [0.25, 0.3) is 41.7 Å². The Kier molecular flexibility index (Phi) is 4.47. The van der Waals surface area contributed by atoms with Crippen molar-refractivity contribution in [1.82, 2.24) is 24.8 Å². The lowest BCUT2D eigenvalue weighted by Gasteiger charge is -2.17. The van der Waals surface area contributed by atoms with Crippen LogP contribution in [0.15, 0.2) is 55.1 Å². The topological polar surface area (TPSA) is 77.7 Å². The van der Waals surface area contributed by atoms with Gasteiger partial charge in [-0.05, 0) is 36.1 Å². The third-order valence-corrected chi connectivity index (χ3v) is 8.17. The molecule has 5 aromatic rings. The zero-order valence-corrected chi connectivity index (χ0v) is 18.2. The van der Waals surface area contributed by atoms with Crippen LogP contribution in [-0.4, -0.2) is 37.8 Å². The van der Waals surface area contributed by atoms with Crippen LogP contribution >= 0.6 is 22.7 Å². The van der Waals surface area contributed by atoms with Crippen LogP contribution in [0.4, 0.5) is 0 Å². The Morgan fingerprint density at radius 3 is 2.55 bits per heavy atom. The number of nitrogens with one attached hydrogen (secondary N) is 2. The van der Waals surface area contributed by atoms with Gasteiger partial charge in [-0.1, -0.05) is 24.3 Å². The molecule has 31 heavy (non-hydrogen) atoms. The average molecular weight is 446 g/mol. The predicted octanol–water partition coefficient (Wildman–Crippen LogP) is 5.70. The molecular weight excluding hydrogens is 426 g/mol. The number of nitrogens with zero attached hydrogens (tertiary/aromatic N) is 3. The third-order valence-electron chi connectivity index (χ3n) is 5.79. The Morgan fingerprint density at radius 1 is 1.00 bits per heavy atom. The molecule has 1 saturated heterocycles. The van der Waals surface area contributed by atoms with Gasteiger partial charge in [0.15, 0.2) is 0 Å². The summed E-state index contributed by atoms with van der Waals surface area (Å²) in [6.07, 6.45) is 8.35. The van der Waals surface area contributed by atoms with E-state index in [0.717, 1.165) is 48.6 Å². The molecule has 1 unspecified atom stereocenters. The molecule has 1 fully saturated rings. The molecule has 2 N–H and O–H groups in total. The molecule has 0 saturated carbocycles. The molecule has 5 heterocycles. The van der Waals surface area contributed by atoms with Crippen LogP contribution in [0.3, 0.4) is 0 Å². The number of hydrogen-bond donors (Lipinski definition) is 2. The van der Waals surface area contributed by atoms with Gasteiger partial charge in [-0.2, -0.15) is 0 Å². The Morgan fingerprint density at radius 2 is 1.77 bits per heavy atom. The number of benzene rings is 1. The smallest absolute Gasteiger partial charge is 0.210 e. The van der Waals surface area contributed by atoms with E-state index >= 15 is 0 Å². The maximum absolute atomic E-state index is 11.2. The summed E-state index contributed by atoms with van der Waals surface area (Å²) in [4.78, 5) is 30.8. The molecular formula is C23H19N5OS2. The van der Waals surface area contributed by atoms with Gasteiger partial charge in [-0.3, -0.25) is 4.79 Å². The number of carbonyl (C=O) groups excluding carboxylic acids is 1. The van der Waals surface area contributed by atoms with Crippen molar-refractivity contribution in [2.45, 2.75) is 18.9 Å². The number of amides is 1. The second kappa shape index (κ2) is 7.47. The first-order chi connectivity index (χ1) is 15.3. The minimum absolute atomic E-state index is 0.0660. The minimum Gasteiger partial charge on any atom is -0.344 e. The van der Waals surface area contributed by atoms with E-state index in [1.54, 1.807) is 17.7 Å². The van der Waals surface area contributed by atoms with E-state index in [2.05, 4.69) is 56.3 Å². The van der Waals surface area contributed by atoms with E-state index in [9.17, 15) is 4.79 Å². The highest BCUT2D eigenvalue weighted by Gasteiger charge is 2.27. The zero-order valence-electron chi connectivity index (χ0n) is 16.5. The Bertz CT molecular complexity index is 1320. The summed E-state index contributed by atoms with van der Waals surface area (Å²) in [5.74, 6) is 0.871. The Balaban J connectivity index is 1.24. The summed E-state index contributed by atoms with van der Waals surface area (Å²) in [5.41, 5.74) is 4.35. The molecule has 1 aliphatic rings. The predicted molar refractivity (Wildman–Crippen MR) is 125 cm³/mol. The van der Waals surface area contributed by atoms with Gasteiger partial charge in [0.1, 0.15) is 5.82 Å². The summed E-state index contributed by atoms with van der Waals surface area (Å²) in [7, 11) is 0. The monoisotopic (exact) mass is 445 g/mol. The average Bonchev–Trinajstić information content (AvgIpc) is 3.59. The summed E-state index contributed by atoms with van der Waals surface area (Å²) in [6, 6.07) is 13.1. The summed E-state index contributed by atoms with van der Waals surface area (Å²) in [6.45, 7) is 0.806. The molecule has 4 aromatic heterocycles. The van der Waals surface area contributed by atoms with E-state index in [0.29, 0.717) is 0 Å². The second-order valence-electron chi connectivity index (χ2n) is 7.68. The van der Waals surface area contributed by atoms with E-state index in [1.165, 1.54) is 24.7 Å². The minimum atomic E-state index is 0.0660. The molecule has 0 aliphatic carbocycles. The van der Waals surface area contributed by atoms with Gasteiger partial charge in [0.05, 0.1) is 41.0 Å². The molecule has 6 nitrogen and oxygen atoms in total. The Hall–Kier alpha value is -3.23. The number of imidazole rings is 2. The lowest BCUT2D eigenvalue weighted by atomic mass is 10.1. The molecule has 1 aromatic carbocycles. The molecule has 8 heteroatoms. The van der Waals surface area contributed by atoms with E-state index in [-0.39, 0.29) is 6.04 Å². The van der Waals surface area contributed by atoms with Gasteiger partial charge in [-0.15, -0.1) is 22.7 Å². The number of thiophene rings is 2. The van der Waals surface area contributed by atoms with Crippen molar-refractivity contribution < 1.29 is 4.79 Å². The highest BCUT2D eigenvalue weighted by molar-refractivity contribution is 7.31. The van der Waals surface area contributed by atoms with Gasteiger partial charge >= 0.3 is 0 Å². The number of fused-ring (bicyclic) bond motifs is 1.